The van der Waals surface area contributed by atoms with Crippen LogP contribution in [0.5, 0.6) is 5.88 Å². The molecule has 5 N–H and O–H groups in total. The van der Waals surface area contributed by atoms with Crippen LogP contribution in [0.2, 0.25) is 0 Å². The summed E-state index contributed by atoms with van der Waals surface area (Å²) in [6.07, 6.45) is -1.92. The van der Waals surface area contributed by atoms with Crippen molar-refractivity contribution in [2.24, 2.45) is 10.7 Å². The fraction of sp³-hybridized carbons (Fsp3) is 0.294. The van der Waals surface area contributed by atoms with Crippen LogP contribution >= 0.6 is 0 Å². The largest absolute Gasteiger partial charge is 0.480 e. The van der Waals surface area contributed by atoms with E-state index in [1.165, 1.54) is 19.4 Å². The standard InChI is InChI=1S/C17H17F3N6O3/c1-28-12-5-23-13(14(22)25-12)15(27)24-8-2-3-10(18)9(4-8)17(16(19)20)7-29-6-11(21)26-17/h2-5,16H,6-7H2,1H3,(H2,21,26)(H2,22,25)(H,24,27). The van der Waals surface area contributed by atoms with Crippen molar-refractivity contribution in [3.8, 4) is 5.88 Å². The van der Waals surface area contributed by atoms with Gasteiger partial charge in [-0.1, -0.05) is 0 Å². The van der Waals surface area contributed by atoms with Crippen LogP contribution in [0.4, 0.5) is 24.7 Å². The number of methoxy groups -OCH3 is 1. The summed E-state index contributed by atoms with van der Waals surface area (Å²) in [6, 6.07) is 3.16. The number of halogens is 3. The number of amidine groups is 1. The maximum atomic E-state index is 14.4. The normalized spacial score (nSPS) is 19.0. The molecule has 3 rings (SSSR count). The van der Waals surface area contributed by atoms with Gasteiger partial charge in [0.1, 0.15) is 18.3 Å². The topological polar surface area (TPSA) is 138 Å². The second-order valence-corrected chi connectivity index (χ2v) is 6.12. The van der Waals surface area contributed by atoms with E-state index in [0.29, 0.717) is 0 Å². The molecule has 0 bridgehead atoms. The number of aromatic nitrogens is 2. The van der Waals surface area contributed by atoms with Crippen LogP contribution < -0.4 is 21.5 Å². The minimum atomic E-state index is -3.11. The van der Waals surface area contributed by atoms with Crippen molar-refractivity contribution in [3.05, 3.63) is 41.5 Å². The summed E-state index contributed by atoms with van der Waals surface area (Å²) >= 11 is 0. The molecule has 0 fully saturated rings. The number of ether oxygens (including phenoxy) is 2. The highest BCUT2D eigenvalue weighted by molar-refractivity contribution is 6.05. The molecule has 0 aliphatic carbocycles. The second kappa shape index (κ2) is 7.91. The molecule has 1 amide bonds. The number of amides is 1. The maximum absolute atomic E-state index is 14.4. The SMILES string of the molecule is COc1cnc(C(=O)Nc2ccc(F)c(C3(C(F)F)COCC(N)=N3)c2)c(N)n1. The Kier molecular flexibility index (Phi) is 5.55. The van der Waals surface area contributed by atoms with E-state index in [0.717, 1.165) is 12.1 Å². The van der Waals surface area contributed by atoms with Gasteiger partial charge in [0, 0.05) is 11.3 Å². The molecule has 12 heteroatoms. The summed E-state index contributed by atoms with van der Waals surface area (Å²) in [7, 11) is 1.35. The molecule has 154 valence electrons. The lowest BCUT2D eigenvalue weighted by molar-refractivity contribution is -0.0145. The monoisotopic (exact) mass is 410 g/mol. The number of alkyl halides is 2. The fourth-order valence-electron chi connectivity index (χ4n) is 2.78. The molecule has 9 nitrogen and oxygen atoms in total. The molecular formula is C17H17F3N6O3. The van der Waals surface area contributed by atoms with Crippen LogP contribution in [-0.4, -0.2) is 48.5 Å². The predicted molar refractivity (Wildman–Crippen MR) is 97.5 cm³/mol. The minimum Gasteiger partial charge on any atom is -0.480 e. The number of hydrogen-bond acceptors (Lipinski definition) is 8. The summed E-state index contributed by atoms with van der Waals surface area (Å²) in [5, 5.41) is 2.42. The van der Waals surface area contributed by atoms with Gasteiger partial charge in [-0.25, -0.2) is 18.2 Å². The van der Waals surface area contributed by atoms with E-state index in [9.17, 15) is 18.0 Å². The quantitative estimate of drug-likeness (QED) is 0.676. The van der Waals surface area contributed by atoms with Crippen molar-refractivity contribution in [2.75, 3.05) is 31.4 Å². The fourth-order valence-corrected chi connectivity index (χ4v) is 2.78. The summed E-state index contributed by atoms with van der Waals surface area (Å²) < 4.78 is 52.0. The highest BCUT2D eigenvalue weighted by Crippen LogP contribution is 2.38. The number of rotatable bonds is 5. The van der Waals surface area contributed by atoms with Crippen LogP contribution in [-0.2, 0) is 10.3 Å². The molecule has 1 aromatic heterocycles. The van der Waals surface area contributed by atoms with Gasteiger partial charge in [-0.15, -0.1) is 0 Å². The van der Waals surface area contributed by atoms with Gasteiger partial charge < -0.3 is 26.3 Å². The van der Waals surface area contributed by atoms with Gasteiger partial charge in [0.05, 0.1) is 19.9 Å². The average Bonchev–Trinajstić information content (AvgIpc) is 2.68. The number of carbonyl (C=O) groups is 1. The number of nitrogens with two attached hydrogens (primary N) is 2. The first-order valence-corrected chi connectivity index (χ1v) is 8.25. The maximum Gasteiger partial charge on any atom is 0.278 e. The van der Waals surface area contributed by atoms with E-state index in [2.05, 4.69) is 20.3 Å². The van der Waals surface area contributed by atoms with Crippen molar-refractivity contribution in [3.63, 3.8) is 0 Å². The highest BCUT2D eigenvalue weighted by Gasteiger charge is 2.46. The molecule has 0 saturated carbocycles. The third kappa shape index (κ3) is 3.92. The molecule has 1 unspecified atom stereocenters. The first-order chi connectivity index (χ1) is 13.8. The summed E-state index contributed by atoms with van der Waals surface area (Å²) in [4.78, 5) is 23.9. The molecule has 2 aromatic rings. The highest BCUT2D eigenvalue weighted by atomic mass is 19.3. The number of nitrogens with one attached hydrogen (secondary N) is 1. The van der Waals surface area contributed by atoms with Gasteiger partial charge in [0.25, 0.3) is 12.3 Å². The molecule has 1 aliphatic heterocycles. The Morgan fingerprint density at radius 2 is 2.14 bits per heavy atom. The van der Waals surface area contributed by atoms with Crippen molar-refractivity contribution in [1.29, 1.82) is 0 Å². The van der Waals surface area contributed by atoms with Crippen LogP contribution in [0.15, 0.2) is 29.4 Å². The Hall–Kier alpha value is -3.41. The van der Waals surface area contributed by atoms with Crippen LogP contribution in [0.25, 0.3) is 0 Å². The van der Waals surface area contributed by atoms with Gasteiger partial charge in [0.15, 0.2) is 17.1 Å². The summed E-state index contributed by atoms with van der Waals surface area (Å²) in [6.45, 7) is -0.710. The molecular weight excluding hydrogens is 393 g/mol. The lowest BCUT2D eigenvalue weighted by Gasteiger charge is -2.33. The van der Waals surface area contributed by atoms with E-state index >= 15 is 0 Å². The van der Waals surface area contributed by atoms with E-state index in [1.807, 2.05) is 0 Å². The lowest BCUT2D eigenvalue weighted by Crippen LogP contribution is -2.45. The van der Waals surface area contributed by atoms with Gasteiger partial charge >= 0.3 is 0 Å². The molecule has 1 aromatic carbocycles. The minimum absolute atomic E-state index is 0.0165. The molecule has 1 atom stereocenters. The predicted octanol–water partition coefficient (Wildman–Crippen LogP) is 1.31. The lowest BCUT2D eigenvalue weighted by atomic mass is 9.90. The summed E-state index contributed by atoms with van der Waals surface area (Å²) in [5.41, 5.74) is 8.21. The first kappa shape index (κ1) is 20.3. The zero-order chi connectivity index (χ0) is 21.2. The number of nitrogens with zero attached hydrogens (tertiary/aromatic N) is 3. The smallest absolute Gasteiger partial charge is 0.278 e. The van der Waals surface area contributed by atoms with Crippen LogP contribution in [0, 0.1) is 5.82 Å². The Morgan fingerprint density at radius 1 is 1.38 bits per heavy atom. The molecule has 0 radical (unpaired) electrons. The number of aliphatic imine (C=N–C) groups is 1. The van der Waals surface area contributed by atoms with Gasteiger partial charge in [-0.2, -0.15) is 4.98 Å². The average molecular weight is 410 g/mol. The van der Waals surface area contributed by atoms with Crippen molar-refractivity contribution in [2.45, 2.75) is 12.0 Å². The first-order valence-electron chi connectivity index (χ1n) is 8.25. The van der Waals surface area contributed by atoms with Gasteiger partial charge in [0.2, 0.25) is 5.88 Å². The summed E-state index contributed by atoms with van der Waals surface area (Å²) in [5.74, 6) is -2.01. The van der Waals surface area contributed by atoms with Crippen molar-refractivity contribution < 1.29 is 27.4 Å². The third-order valence-electron chi connectivity index (χ3n) is 4.17. The van der Waals surface area contributed by atoms with Gasteiger partial charge in [-0.05, 0) is 18.2 Å². The zero-order valence-electron chi connectivity index (χ0n) is 15.2. The number of benzene rings is 1. The Labute approximate surface area is 162 Å². The Morgan fingerprint density at radius 3 is 2.76 bits per heavy atom. The Bertz CT molecular complexity index is 971. The zero-order valence-corrected chi connectivity index (χ0v) is 15.2. The molecule has 29 heavy (non-hydrogen) atoms. The van der Waals surface area contributed by atoms with E-state index < -0.39 is 35.9 Å². The third-order valence-corrected chi connectivity index (χ3v) is 4.17. The van der Waals surface area contributed by atoms with Crippen LogP contribution in [0.1, 0.15) is 16.1 Å². The molecule has 0 saturated heterocycles. The van der Waals surface area contributed by atoms with Gasteiger partial charge in [-0.3, -0.25) is 9.79 Å². The molecule has 2 heterocycles. The number of hydrogen-bond donors (Lipinski definition) is 3. The number of anilines is 2. The van der Waals surface area contributed by atoms with Crippen molar-refractivity contribution >= 4 is 23.2 Å². The Balaban J connectivity index is 1.95. The van der Waals surface area contributed by atoms with E-state index in [1.54, 1.807) is 0 Å². The molecule has 0 spiro atoms. The van der Waals surface area contributed by atoms with E-state index in [-0.39, 0.29) is 35.5 Å². The second-order valence-electron chi connectivity index (χ2n) is 6.12. The van der Waals surface area contributed by atoms with Crippen molar-refractivity contribution in [1.82, 2.24) is 9.97 Å². The number of nitrogen functional groups attached to an aromatic ring is 1. The van der Waals surface area contributed by atoms with Crippen LogP contribution in [0.3, 0.4) is 0 Å². The molecule has 1 aliphatic rings. The number of carbonyl (C=O) groups excluding carboxylic acids is 1. The van der Waals surface area contributed by atoms with E-state index in [4.69, 9.17) is 20.9 Å².